The largest absolute Gasteiger partial charge is 0.494 e. The van der Waals surface area contributed by atoms with Crippen molar-refractivity contribution in [2.45, 2.75) is 0 Å². The van der Waals surface area contributed by atoms with Crippen LogP contribution in [0.1, 0.15) is 10.4 Å². The molecule has 1 amide bonds. The van der Waals surface area contributed by atoms with Crippen molar-refractivity contribution in [2.75, 3.05) is 12.4 Å². The van der Waals surface area contributed by atoms with E-state index in [2.05, 4.69) is 26.2 Å². The Bertz CT molecular complexity index is 619. The smallest absolute Gasteiger partial charge is 0.259 e. The molecule has 0 aliphatic rings. The minimum absolute atomic E-state index is 0.276. The van der Waals surface area contributed by atoms with Gasteiger partial charge >= 0.3 is 0 Å². The van der Waals surface area contributed by atoms with Crippen LogP contribution >= 0.6 is 27.5 Å². The van der Waals surface area contributed by atoms with Crippen molar-refractivity contribution in [1.82, 2.24) is 4.98 Å². The highest BCUT2D eigenvalue weighted by molar-refractivity contribution is 9.10. The summed E-state index contributed by atoms with van der Waals surface area (Å²) in [6.07, 6.45) is 3.03. The highest BCUT2D eigenvalue weighted by Gasteiger charge is 2.13. The highest BCUT2D eigenvalue weighted by atomic mass is 79.9. The van der Waals surface area contributed by atoms with Gasteiger partial charge in [0, 0.05) is 15.7 Å². The van der Waals surface area contributed by atoms with Gasteiger partial charge in [-0.1, -0.05) is 11.6 Å². The van der Waals surface area contributed by atoms with Crippen molar-refractivity contribution in [3.05, 3.63) is 51.7 Å². The van der Waals surface area contributed by atoms with Crippen LogP contribution in [0.4, 0.5) is 5.69 Å². The number of benzene rings is 1. The maximum atomic E-state index is 12.2. The molecule has 1 aromatic heterocycles. The summed E-state index contributed by atoms with van der Waals surface area (Å²) in [5.74, 6) is 0.146. The van der Waals surface area contributed by atoms with Crippen LogP contribution in [0.15, 0.2) is 41.1 Å². The molecule has 0 fully saturated rings. The Morgan fingerprint density at radius 2 is 2.21 bits per heavy atom. The van der Waals surface area contributed by atoms with Crippen LogP contribution in [0.5, 0.6) is 5.75 Å². The Morgan fingerprint density at radius 1 is 1.42 bits per heavy atom. The number of rotatable bonds is 3. The molecule has 0 spiro atoms. The summed E-state index contributed by atoms with van der Waals surface area (Å²) in [6.45, 7) is 0. The van der Waals surface area contributed by atoms with Gasteiger partial charge in [0.15, 0.2) is 0 Å². The SMILES string of the molecule is COc1cnccc1C(=O)Nc1ccc(Cl)cc1Br. The number of hydrogen-bond donors (Lipinski definition) is 1. The van der Waals surface area contributed by atoms with Crippen molar-refractivity contribution in [2.24, 2.45) is 0 Å². The molecule has 1 aromatic carbocycles. The van der Waals surface area contributed by atoms with Crippen molar-refractivity contribution < 1.29 is 9.53 Å². The molecule has 6 heteroatoms. The average molecular weight is 342 g/mol. The second kappa shape index (κ2) is 6.04. The number of hydrogen-bond acceptors (Lipinski definition) is 3. The van der Waals surface area contributed by atoms with Gasteiger partial charge in [-0.15, -0.1) is 0 Å². The lowest BCUT2D eigenvalue weighted by molar-refractivity contribution is 0.102. The number of anilines is 1. The molecule has 2 rings (SSSR count). The first-order valence-corrected chi connectivity index (χ1v) is 6.53. The lowest BCUT2D eigenvalue weighted by Crippen LogP contribution is -2.13. The second-order valence-electron chi connectivity index (χ2n) is 3.65. The third-order valence-corrected chi connectivity index (χ3v) is 3.32. The lowest BCUT2D eigenvalue weighted by atomic mass is 10.2. The zero-order chi connectivity index (χ0) is 13.8. The van der Waals surface area contributed by atoms with Crippen molar-refractivity contribution >= 4 is 39.1 Å². The molecule has 0 unspecified atom stereocenters. The van der Waals surface area contributed by atoms with Crippen LogP contribution in [0, 0.1) is 0 Å². The van der Waals surface area contributed by atoms with Gasteiger partial charge in [0.1, 0.15) is 5.75 Å². The molecule has 0 aliphatic carbocycles. The first kappa shape index (κ1) is 13.8. The molecule has 0 bridgehead atoms. The monoisotopic (exact) mass is 340 g/mol. The molecule has 0 aliphatic heterocycles. The Hall–Kier alpha value is -1.59. The number of ether oxygens (including phenoxy) is 1. The van der Waals surface area contributed by atoms with Crippen LogP contribution in [0.2, 0.25) is 5.02 Å². The molecule has 4 nitrogen and oxygen atoms in total. The zero-order valence-corrected chi connectivity index (χ0v) is 12.3. The van der Waals surface area contributed by atoms with E-state index >= 15 is 0 Å². The second-order valence-corrected chi connectivity index (χ2v) is 4.95. The molecule has 2 aromatic rings. The third-order valence-electron chi connectivity index (χ3n) is 2.43. The lowest BCUT2D eigenvalue weighted by Gasteiger charge is -2.10. The molecule has 0 radical (unpaired) electrons. The van der Waals surface area contributed by atoms with Crippen molar-refractivity contribution in [1.29, 1.82) is 0 Å². The van der Waals surface area contributed by atoms with Crippen LogP contribution in [-0.4, -0.2) is 18.0 Å². The number of methoxy groups -OCH3 is 1. The van der Waals surface area contributed by atoms with E-state index in [1.54, 1.807) is 24.3 Å². The molecule has 0 saturated carbocycles. The van der Waals surface area contributed by atoms with Crippen molar-refractivity contribution in [3.63, 3.8) is 0 Å². The van der Waals surface area contributed by atoms with Gasteiger partial charge in [0.25, 0.3) is 5.91 Å². The van der Waals surface area contributed by atoms with Gasteiger partial charge in [-0.25, -0.2) is 0 Å². The number of nitrogens with one attached hydrogen (secondary N) is 1. The topological polar surface area (TPSA) is 51.2 Å². The van der Waals surface area contributed by atoms with Gasteiger partial charge in [-0.3, -0.25) is 9.78 Å². The van der Waals surface area contributed by atoms with Crippen LogP contribution < -0.4 is 10.1 Å². The van der Waals surface area contributed by atoms with Gasteiger partial charge in [-0.05, 0) is 40.2 Å². The van der Waals surface area contributed by atoms with E-state index in [9.17, 15) is 4.79 Å². The van der Waals surface area contributed by atoms with E-state index in [1.165, 1.54) is 19.5 Å². The summed E-state index contributed by atoms with van der Waals surface area (Å²) >= 11 is 9.19. The van der Waals surface area contributed by atoms with Crippen LogP contribution in [0.3, 0.4) is 0 Å². The average Bonchev–Trinajstić information content (AvgIpc) is 2.41. The molecule has 19 heavy (non-hydrogen) atoms. The number of nitrogens with zero attached hydrogens (tertiary/aromatic N) is 1. The fourth-order valence-corrected chi connectivity index (χ4v) is 2.29. The number of carbonyl (C=O) groups excluding carboxylic acids is 1. The summed E-state index contributed by atoms with van der Waals surface area (Å²) in [4.78, 5) is 16.1. The normalized spacial score (nSPS) is 10.1. The van der Waals surface area contributed by atoms with E-state index in [0.717, 1.165) is 0 Å². The molecule has 0 saturated heterocycles. The van der Waals surface area contributed by atoms with Crippen LogP contribution in [-0.2, 0) is 0 Å². The fraction of sp³-hybridized carbons (Fsp3) is 0.0769. The van der Waals surface area contributed by atoms with E-state index < -0.39 is 0 Å². The summed E-state index contributed by atoms with van der Waals surface area (Å²) in [6, 6.07) is 6.72. The van der Waals surface area contributed by atoms with E-state index in [1.807, 2.05) is 0 Å². The van der Waals surface area contributed by atoms with E-state index in [4.69, 9.17) is 16.3 Å². The molecule has 98 valence electrons. The van der Waals surface area contributed by atoms with E-state index in [0.29, 0.717) is 26.5 Å². The Kier molecular flexibility index (Phi) is 4.39. The number of pyridine rings is 1. The highest BCUT2D eigenvalue weighted by Crippen LogP contribution is 2.27. The molecule has 1 N–H and O–H groups in total. The van der Waals surface area contributed by atoms with Crippen LogP contribution in [0.25, 0.3) is 0 Å². The van der Waals surface area contributed by atoms with Gasteiger partial charge in [0.05, 0.1) is 24.6 Å². The molecule has 0 atom stereocenters. The summed E-state index contributed by atoms with van der Waals surface area (Å²) in [7, 11) is 1.49. The fourth-order valence-electron chi connectivity index (χ4n) is 1.51. The van der Waals surface area contributed by atoms with Gasteiger partial charge < -0.3 is 10.1 Å². The van der Waals surface area contributed by atoms with Gasteiger partial charge in [-0.2, -0.15) is 0 Å². The number of carbonyl (C=O) groups is 1. The maximum Gasteiger partial charge on any atom is 0.259 e. The predicted octanol–water partition coefficient (Wildman–Crippen LogP) is 3.76. The predicted molar refractivity (Wildman–Crippen MR) is 77.9 cm³/mol. The molecule has 1 heterocycles. The summed E-state index contributed by atoms with van der Waals surface area (Å²) in [5.41, 5.74) is 1.05. The number of halogens is 2. The zero-order valence-electron chi connectivity index (χ0n) is 9.98. The summed E-state index contributed by atoms with van der Waals surface area (Å²) in [5, 5.41) is 3.37. The molecular formula is C13H10BrClN2O2. The maximum absolute atomic E-state index is 12.2. The quantitative estimate of drug-likeness (QED) is 0.925. The minimum atomic E-state index is -0.276. The first-order chi connectivity index (χ1) is 9.11. The standard InChI is InChI=1S/C13H10BrClN2O2/c1-19-12-7-16-5-4-9(12)13(18)17-11-3-2-8(15)6-10(11)14/h2-7H,1H3,(H,17,18). The minimum Gasteiger partial charge on any atom is -0.494 e. The Labute approximate surface area is 123 Å². The summed E-state index contributed by atoms with van der Waals surface area (Å²) < 4.78 is 5.81. The first-order valence-electron chi connectivity index (χ1n) is 5.36. The number of aromatic nitrogens is 1. The van der Waals surface area contributed by atoms with Crippen molar-refractivity contribution in [3.8, 4) is 5.75 Å². The Morgan fingerprint density at radius 3 is 2.89 bits per heavy atom. The number of amides is 1. The Balaban J connectivity index is 2.26. The van der Waals surface area contributed by atoms with Gasteiger partial charge in [0.2, 0.25) is 0 Å². The third kappa shape index (κ3) is 3.24. The molecular weight excluding hydrogens is 332 g/mol. The van der Waals surface area contributed by atoms with E-state index in [-0.39, 0.29) is 5.91 Å².